The van der Waals surface area contributed by atoms with Gasteiger partial charge in [0, 0.05) is 58.6 Å². The summed E-state index contributed by atoms with van der Waals surface area (Å²) in [4.78, 5) is 24.4. The third-order valence-electron chi connectivity index (χ3n) is 3.89. The number of carbonyl (C=O) groups is 1. The molecule has 0 atom stereocenters. The molecule has 1 fully saturated rings. The first kappa shape index (κ1) is 16.3. The van der Waals surface area contributed by atoms with Gasteiger partial charge >= 0.3 is 0 Å². The fourth-order valence-corrected chi connectivity index (χ4v) is 2.56. The first-order valence-corrected chi connectivity index (χ1v) is 7.88. The van der Waals surface area contributed by atoms with Crippen LogP contribution >= 0.6 is 0 Å². The number of rotatable bonds is 4. The van der Waals surface area contributed by atoms with Crippen molar-refractivity contribution in [2.75, 3.05) is 39.3 Å². The van der Waals surface area contributed by atoms with E-state index in [0.717, 1.165) is 51.1 Å². The van der Waals surface area contributed by atoms with E-state index >= 15 is 0 Å². The van der Waals surface area contributed by atoms with Gasteiger partial charge in [-0.1, -0.05) is 0 Å². The van der Waals surface area contributed by atoms with Crippen LogP contribution in [0, 0.1) is 6.92 Å². The van der Waals surface area contributed by atoms with Crippen molar-refractivity contribution in [3.8, 4) is 0 Å². The van der Waals surface area contributed by atoms with Gasteiger partial charge in [0.2, 0.25) is 5.91 Å². The van der Waals surface area contributed by atoms with Gasteiger partial charge in [-0.15, -0.1) is 0 Å². The lowest BCUT2D eigenvalue weighted by Crippen LogP contribution is -2.53. The van der Waals surface area contributed by atoms with Crippen molar-refractivity contribution in [2.24, 2.45) is 4.99 Å². The molecule has 2 rings (SSSR count). The maximum atomic E-state index is 11.4. The van der Waals surface area contributed by atoms with E-state index in [1.807, 2.05) is 24.2 Å². The highest BCUT2D eigenvalue weighted by atomic mass is 16.2. The average Bonchev–Trinajstić information content (AvgIpc) is 2.92. The zero-order valence-electron chi connectivity index (χ0n) is 13.7. The molecule has 1 aliphatic heterocycles. The Morgan fingerprint density at radius 1 is 1.32 bits per heavy atom. The van der Waals surface area contributed by atoms with Gasteiger partial charge in [0.1, 0.15) is 5.82 Å². The Labute approximate surface area is 132 Å². The number of hydrogen-bond acceptors (Lipinski definition) is 3. The third-order valence-corrected chi connectivity index (χ3v) is 3.89. The first-order chi connectivity index (χ1) is 10.6. The lowest BCUT2D eigenvalue weighted by Gasteiger charge is -2.36. The van der Waals surface area contributed by atoms with Crippen LogP contribution in [0.4, 0.5) is 0 Å². The monoisotopic (exact) mass is 306 g/mol. The summed E-state index contributed by atoms with van der Waals surface area (Å²) >= 11 is 0. The number of carbonyl (C=O) groups excluding carboxylic acids is 1. The van der Waals surface area contributed by atoms with Gasteiger partial charge in [0.15, 0.2) is 5.96 Å². The van der Waals surface area contributed by atoms with Gasteiger partial charge in [-0.3, -0.25) is 9.79 Å². The standard InChI is InChI=1S/C15H26N6O/c1-4-16-15(18-6-8-19-7-5-17-13(19)2)21-11-9-20(10-12-21)14(3)22/h5,7H,4,6,8-12H2,1-3H3,(H,16,18). The molecule has 0 bridgehead atoms. The quantitative estimate of drug-likeness (QED) is 0.643. The summed E-state index contributed by atoms with van der Waals surface area (Å²) in [5.41, 5.74) is 0. The van der Waals surface area contributed by atoms with E-state index < -0.39 is 0 Å². The van der Waals surface area contributed by atoms with Crippen molar-refractivity contribution in [1.29, 1.82) is 0 Å². The summed E-state index contributed by atoms with van der Waals surface area (Å²) in [5.74, 6) is 2.09. The number of aryl methyl sites for hydroxylation is 1. The second-order valence-electron chi connectivity index (χ2n) is 5.40. The Morgan fingerprint density at radius 2 is 2.00 bits per heavy atom. The summed E-state index contributed by atoms with van der Waals surface area (Å²) in [6.45, 7) is 11.3. The van der Waals surface area contributed by atoms with Crippen LogP contribution < -0.4 is 5.32 Å². The smallest absolute Gasteiger partial charge is 0.219 e. The number of aromatic nitrogens is 2. The fraction of sp³-hybridized carbons (Fsp3) is 0.667. The molecule has 1 N–H and O–H groups in total. The molecule has 1 saturated heterocycles. The SMILES string of the molecule is CCNC(=NCCn1ccnc1C)N1CCN(C(C)=O)CC1. The van der Waals surface area contributed by atoms with E-state index in [9.17, 15) is 4.79 Å². The number of aliphatic imine (C=N–C) groups is 1. The van der Waals surface area contributed by atoms with Gasteiger partial charge in [0.25, 0.3) is 0 Å². The summed E-state index contributed by atoms with van der Waals surface area (Å²) in [6.07, 6.45) is 3.79. The van der Waals surface area contributed by atoms with Gasteiger partial charge < -0.3 is 19.7 Å². The number of guanidine groups is 1. The molecule has 1 aliphatic rings. The molecule has 0 aromatic carbocycles. The maximum Gasteiger partial charge on any atom is 0.219 e. The Bertz CT molecular complexity index is 516. The molecule has 7 heteroatoms. The van der Waals surface area contributed by atoms with Crippen molar-refractivity contribution in [3.63, 3.8) is 0 Å². The summed E-state index contributed by atoms with van der Waals surface area (Å²) in [6, 6.07) is 0. The van der Waals surface area contributed by atoms with E-state index in [0.29, 0.717) is 6.54 Å². The van der Waals surface area contributed by atoms with Crippen LogP contribution in [0.5, 0.6) is 0 Å². The molecule has 22 heavy (non-hydrogen) atoms. The Balaban J connectivity index is 1.90. The lowest BCUT2D eigenvalue weighted by molar-refractivity contribution is -0.130. The van der Waals surface area contributed by atoms with E-state index in [1.165, 1.54) is 0 Å². The number of piperazine rings is 1. The number of nitrogens with zero attached hydrogens (tertiary/aromatic N) is 5. The summed E-state index contributed by atoms with van der Waals surface area (Å²) in [5, 5.41) is 3.34. The zero-order valence-corrected chi connectivity index (χ0v) is 13.7. The highest BCUT2D eigenvalue weighted by Crippen LogP contribution is 2.03. The van der Waals surface area contributed by atoms with Gasteiger partial charge in [-0.2, -0.15) is 0 Å². The molecule has 0 unspecified atom stereocenters. The maximum absolute atomic E-state index is 11.4. The molecule has 0 saturated carbocycles. The van der Waals surface area contributed by atoms with Crippen LogP contribution in [-0.4, -0.2) is 70.5 Å². The predicted octanol–water partition coefficient (Wildman–Crippen LogP) is 0.321. The molecule has 0 spiro atoms. The van der Waals surface area contributed by atoms with Crippen molar-refractivity contribution in [2.45, 2.75) is 27.3 Å². The van der Waals surface area contributed by atoms with Gasteiger partial charge in [0.05, 0.1) is 6.54 Å². The van der Waals surface area contributed by atoms with E-state index in [-0.39, 0.29) is 5.91 Å². The van der Waals surface area contributed by atoms with Crippen LogP contribution in [0.1, 0.15) is 19.7 Å². The lowest BCUT2D eigenvalue weighted by atomic mass is 10.3. The largest absolute Gasteiger partial charge is 0.357 e. The van der Waals surface area contributed by atoms with Crippen LogP contribution in [-0.2, 0) is 11.3 Å². The van der Waals surface area contributed by atoms with Gasteiger partial charge in [-0.25, -0.2) is 4.98 Å². The molecule has 0 aliphatic carbocycles. The molecule has 122 valence electrons. The number of hydrogen-bond donors (Lipinski definition) is 1. The normalized spacial score (nSPS) is 16.0. The van der Waals surface area contributed by atoms with Crippen molar-refractivity contribution >= 4 is 11.9 Å². The fourth-order valence-electron chi connectivity index (χ4n) is 2.56. The van der Waals surface area contributed by atoms with E-state index in [4.69, 9.17) is 4.99 Å². The summed E-state index contributed by atoms with van der Waals surface area (Å²) < 4.78 is 2.10. The molecule has 1 amide bonds. The molecular weight excluding hydrogens is 280 g/mol. The van der Waals surface area contributed by atoms with Crippen LogP contribution in [0.2, 0.25) is 0 Å². The van der Waals surface area contributed by atoms with Gasteiger partial charge in [-0.05, 0) is 13.8 Å². The highest BCUT2D eigenvalue weighted by Gasteiger charge is 2.20. The molecule has 2 heterocycles. The number of nitrogens with one attached hydrogen (secondary N) is 1. The number of amides is 1. The molecular formula is C15H26N6O. The Morgan fingerprint density at radius 3 is 2.55 bits per heavy atom. The Kier molecular flexibility index (Phi) is 5.80. The minimum Gasteiger partial charge on any atom is -0.357 e. The second kappa shape index (κ2) is 7.82. The first-order valence-electron chi connectivity index (χ1n) is 7.88. The summed E-state index contributed by atoms with van der Waals surface area (Å²) in [7, 11) is 0. The average molecular weight is 306 g/mol. The molecule has 0 radical (unpaired) electrons. The predicted molar refractivity (Wildman–Crippen MR) is 86.8 cm³/mol. The third kappa shape index (κ3) is 4.22. The van der Waals surface area contributed by atoms with Crippen molar-refractivity contribution in [3.05, 3.63) is 18.2 Å². The highest BCUT2D eigenvalue weighted by molar-refractivity contribution is 5.80. The Hall–Kier alpha value is -2.05. The molecule has 1 aromatic heterocycles. The van der Waals surface area contributed by atoms with Crippen molar-refractivity contribution in [1.82, 2.24) is 24.7 Å². The molecule has 7 nitrogen and oxygen atoms in total. The van der Waals surface area contributed by atoms with Crippen LogP contribution in [0.15, 0.2) is 17.4 Å². The van der Waals surface area contributed by atoms with Crippen LogP contribution in [0.3, 0.4) is 0 Å². The van der Waals surface area contributed by atoms with E-state index in [2.05, 4.69) is 26.7 Å². The molecule has 1 aromatic rings. The second-order valence-corrected chi connectivity index (χ2v) is 5.40. The van der Waals surface area contributed by atoms with Crippen LogP contribution in [0.25, 0.3) is 0 Å². The zero-order chi connectivity index (χ0) is 15.9. The number of imidazole rings is 1. The minimum atomic E-state index is 0.150. The van der Waals surface area contributed by atoms with Crippen molar-refractivity contribution < 1.29 is 4.79 Å². The minimum absolute atomic E-state index is 0.150. The topological polar surface area (TPSA) is 65.8 Å². The van der Waals surface area contributed by atoms with E-state index in [1.54, 1.807) is 6.92 Å².